The van der Waals surface area contributed by atoms with Crippen LogP contribution in [0, 0.1) is 5.92 Å². The van der Waals surface area contributed by atoms with E-state index in [-0.39, 0.29) is 0 Å². The van der Waals surface area contributed by atoms with Gasteiger partial charge in [-0.3, -0.25) is 0 Å². The summed E-state index contributed by atoms with van der Waals surface area (Å²) in [6, 6.07) is 11.4. The summed E-state index contributed by atoms with van der Waals surface area (Å²) in [6.07, 6.45) is 3.96. The smallest absolute Gasteiger partial charge is 0.00798 e. The highest BCUT2D eigenvalue weighted by Gasteiger charge is 2.58. The van der Waals surface area contributed by atoms with Crippen LogP contribution in [0.1, 0.15) is 24.8 Å². The first-order chi connectivity index (χ1) is 6.33. The molecule has 68 valence electrons. The molecule has 13 heavy (non-hydrogen) atoms. The van der Waals surface area contributed by atoms with Gasteiger partial charge in [0.1, 0.15) is 0 Å². The first kappa shape index (κ1) is 7.57. The molecule has 0 bridgehead atoms. The Morgan fingerprint density at radius 3 is 2.23 bits per heavy atom. The summed E-state index contributed by atoms with van der Waals surface area (Å²) in [4.78, 5) is 0. The maximum absolute atomic E-state index is 5.93. The molecule has 1 aromatic carbocycles. The second-order valence-electron chi connectivity index (χ2n) is 4.53. The molecule has 0 radical (unpaired) electrons. The summed E-state index contributed by atoms with van der Waals surface area (Å²) in [5.74, 6) is 0.787. The summed E-state index contributed by atoms with van der Waals surface area (Å²) in [6.45, 7) is 0. The van der Waals surface area contributed by atoms with E-state index < -0.39 is 0 Å². The van der Waals surface area contributed by atoms with Crippen LogP contribution < -0.4 is 5.73 Å². The second-order valence-corrected chi connectivity index (χ2v) is 4.53. The summed E-state index contributed by atoms with van der Waals surface area (Å²) in [5, 5.41) is 0. The molecule has 2 unspecified atom stereocenters. The number of nitrogens with two attached hydrogens (primary N) is 1. The quantitative estimate of drug-likeness (QED) is 0.728. The molecule has 0 spiro atoms. The summed E-state index contributed by atoms with van der Waals surface area (Å²) < 4.78 is 0. The molecule has 0 amide bonds. The molecule has 2 saturated carbocycles. The molecule has 3 rings (SSSR count). The lowest BCUT2D eigenvalue weighted by molar-refractivity contribution is 0.578. The molecule has 2 atom stereocenters. The Bertz CT molecular complexity index is 313. The molecule has 0 saturated heterocycles. The third-order valence-electron chi connectivity index (χ3n) is 3.69. The molecular weight excluding hydrogens is 158 g/mol. The number of hydrogen-bond acceptors (Lipinski definition) is 1. The molecule has 0 heterocycles. The van der Waals surface area contributed by atoms with Gasteiger partial charge in [0.25, 0.3) is 0 Å². The fourth-order valence-electron chi connectivity index (χ4n) is 2.63. The number of benzene rings is 1. The van der Waals surface area contributed by atoms with Crippen molar-refractivity contribution in [2.45, 2.75) is 30.7 Å². The predicted octanol–water partition coefficient (Wildman–Crippen LogP) is 2.07. The molecule has 2 fully saturated rings. The molecule has 2 aliphatic rings. The highest BCUT2D eigenvalue weighted by atomic mass is 14.8. The van der Waals surface area contributed by atoms with E-state index >= 15 is 0 Å². The SMILES string of the molecule is NC1CC1C1(c2ccccc2)CC1. The molecular formula is C12H15N. The third-order valence-corrected chi connectivity index (χ3v) is 3.69. The van der Waals surface area contributed by atoms with Gasteiger partial charge in [0.2, 0.25) is 0 Å². The summed E-state index contributed by atoms with van der Waals surface area (Å²) in [5.41, 5.74) is 7.95. The minimum absolute atomic E-state index is 0.489. The highest BCUT2D eigenvalue weighted by molar-refractivity contribution is 5.35. The van der Waals surface area contributed by atoms with Crippen LogP contribution in [0.2, 0.25) is 0 Å². The maximum Gasteiger partial charge on any atom is 0.00798 e. The van der Waals surface area contributed by atoms with E-state index in [2.05, 4.69) is 30.3 Å². The van der Waals surface area contributed by atoms with E-state index in [4.69, 9.17) is 5.73 Å². The van der Waals surface area contributed by atoms with Crippen LogP contribution in [0.25, 0.3) is 0 Å². The molecule has 1 aromatic rings. The van der Waals surface area contributed by atoms with Gasteiger partial charge in [-0.2, -0.15) is 0 Å². The Hall–Kier alpha value is -0.820. The Morgan fingerprint density at radius 1 is 1.15 bits per heavy atom. The van der Waals surface area contributed by atoms with Crippen molar-refractivity contribution in [3.8, 4) is 0 Å². The lowest BCUT2D eigenvalue weighted by atomic mass is 9.90. The zero-order valence-corrected chi connectivity index (χ0v) is 7.74. The molecule has 1 nitrogen and oxygen atoms in total. The van der Waals surface area contributed by atoms with Crippen LogP contribution in [0.5, 0.6) is 0 Å². The van der Waals surface area contributed by atoms with Gasteiger partial charge in [-0.25, -0.2) is 0 Å². The van der Waals surface area contributed by atoms with E-state index in [1.807, 2.05) is 0 Å². The lowest BCUT2D eigenvalue weighted by Gasteiger charge is -2.14. The van der Waals surface area contributed by atoms with Crippen LogP contribution in [-0.4, -0.2) is 6.04 Å². The maximum atomic E-state index is 5.93. The van der Waals surface area contributed by atoms with Crippen LogP contribution >= 0.6 is 0 Å². The van der Waals surface area contributed by atoms with Gasteiger partial charge < -0.3 is 5.73 Å². The Labute approximate surface area is 78.9 Å². The van der Waals surface area contributed by atoms with Crippen LogP contribution in [0.3, 0.4) is 0 Å². The van der Waals surface area contributed by atoms with Crippen molar-refractivity contribution in [1.82, 2.24) is 0 Å². The third kappa shape index (κ3) is 1.03. The van der Waals surface area contributed by atoms with Crippen molar-refractivity contribution in [2.75, 3.05) is 0 Å². The molecule has 0 aromatic heterocycles. The van der Waals surface area contributed by atoms with Gasteiger partial charge in [0, 0.05) is 6.04 Å². The van der Waals surface area contributed by atoms with Gasteiger partial charge >= 0.3 is 0 Å². The second kappa shape index (κ2) is 2.36. The van der Waals surface area contributed by atoms with Crippen molar-refractivity contribution in [1.29, 1.82) is 0 Å². The minimum Gasteiger partial charge on any atom is -0.327 e. The fourth-order valence-corrected chi connectivity index (χ4v) is 2.63. The predicted molar refractivity (Wildman–Crippen MR) is 53.4 cm³/mol. The van der Waals surface area contributed by atoms with E-state index in [9.17, 15) is 0 Å². The van der Waals surface area contributed by atoms with Crippen molar-refractivity contribution >= 4 is 0 Å². The average Bonchev–Trinajstić information content (AvgIpc) is 3.02. The largest absolute Gasteiger partial charge is 0.327 e. The standard InChI is InChI=1S/C12H15N/c13-11-8-10(11)12(6-7-12)9-4-2-1-3-5-9/h1-5,10-11H,6-8,13H2. The summed E-state index contributed by atoms with van der Waals surface area (Å²) in [7, 11) is 0. The van der Waals surface area contributed by atoms with Crippen LogP contribution in [0.4, 0.5) is 0 Å². The average molecular weight is 173 g/mol. The highest BCUT2D eigenvalue weighted by Crippen LogP contribution is 2.61. The van der Waals surface area contributed by atoms with Crippen molar-refractivity contribution < 1.29 is 0 Å². The number of hydrogen-bond donors (Lipinski definition) is 1. The van der Waals surface area contributed by atoms with E-state index in [1.165, 1.54) is 24.8 Å². The fraction of sp³-hybridized carbons (Fsp3) is 0.500. The topological polar surface area (TPSA) is 26.0 Å². The first-order valence-electron chi connectivity index (χ1n) is 5.14. The molecule has 2 N–H and O–H groups in total. The Balaban J connectivity index is 1.93. The van der Waals surface area contributed by atoms with Crippen molar-refractivity contribution in [2.24, 2.45) is 11.7 Å². The van der Waals surface area contributed by atoms with Crippen molar-refractivity contribution in [3.05, 3.63) is 35.9 Å². The van der Waals surface area contributed by atoms with Crippen LogP contribution in [0.15, 0.2) is 30.3 Å². The van der Waals surface area contributed by atoms with Gasteiger partial charge in [-0.05, 0) is 36.2 Å². The van der Waals surface area contributed by atoms with Gasteiger partial charge in [-0.1, -0.05) is 30.3 Å². The Kier molecular flexibility index (Phi) is 1.37. The first-order valence-corrected chi connectivity index (χ1v) is 5.14. The number of rotatable bonds is 2. The van der Waals surface area contributed by atoms with E-state index in [0.29, 0.717) is 11.5 Å². The molecule has 0 aliphatic heterocycles. The zero-order chi connectivity index (χ0) is 8.89. The summed E-state index contributed by atoms with van der Waals surface area (Å²) >= 11 is 0. The van der Waals surface area contributed by atoms with Crippen LogP contribution in [-0.2, 0) is 5.41 Å². The lowest BCUT2D eigenvalue weighted by Crippen LogP contribution is -2.15. The molecule has 2 aliphatic carbocycles. The van der Waals surface area contributed by atoms with Crippen molar-refractivity contribution in [3.63, 3.8) is 0 Å². The van der Waals surface area contributed by atoms with Gasteiger partial charge in [0.05, 0.1) is 0 Å². The molecule has 1 heteroatoms. The minimum atomic E-state index is 0.489. The van der Waals surface area contributed by atoms with E-state index in [0.717, 1.165) is 5.92 Å². The Morgan fingerprint density at radius 2 is 1.77 bits per heavy atom. The van der Waals surface area contributed by atoms with Gasteiger partial charge in [0.15, 0.2) is 0 Å². The zero-order valence-electron chi connectivity index (χ0n) is 7.74. The van der Waals surface area contributed by atoms with Gasteiger partial charge in [-0.15, -0.1) is 0 Å². The monoisotopic (exact) mass is 173 g/mol. The normalized spacial score (nSPS) is 34.2. The van der Waals surface area contributed by atoms with E-state index in [1.54, 1.807) is 0 Å².